The average molecular weight is 167 g/mol. The van der Waals surface area contributed by atoms with Crippen LogP contribution in [-0.4, -0.2) is 5.91 Å². The second-order valence-corrected chi connectivity index (χ2v) is 2.66. The zero-order valence-electron chi connectivity index (χ0n) is 7.33. The van der Waals surface area contributed by atoms with Crippen LogP contribution in [0.2, 0.25) is 0 Å². The Kier molecular flexibility index (Phi) is 2.91. The van der Waals surface area contributed by atoms with Crippen molar-refractivity contribution < 1.29 is 9.21 Å². The van der Waals surface area contributed by atoms with Crippen molar-refractivity contribution in [3.63, 3.8) is 0 Å². The topological polar surface area (TPSA) is 42.2 Å². The number of amides is 1. The van der Waals surface area contributed by atoms with Crippen LogP contribution in [0.1, 0.15) is 32.1 Å². The molecule has 0 saturated carbocycles. The molecule has 1 amide bonds. The van der Waals surface area contributed by atoms with Crippen molar-refractivity contribution in [3.8, 4) is 0 Å². The van der Waals surface area contributed by atoms with Gasteiger partial charge in [0.05, 0.1) is 12.3 Å². The van der Waals surface area contributed by atoms with Gasteiger partial charge in [-0.15, -0.1) is 0 Å². The Morgan fingerprint density at radius 3 is 3.00 bits per heavy atom. The second-order valence-electron chi connectivity index (χ2n) is 2.66. The summed E-state index contributed by atoms with van der Waals surface area (Å²) >= 11 is 0. The molecule has 66 valence electrons. The van der Waals surface area contributed by atoms with E-state index in [1.54, 1.807) is 6.26 Å². The molecule has 3 nitrogen and oxygen atoms in total. The fourth-order valence-corrected chi connectivity index (χ4v) is 0.952. The maximum absolute atomic E-state index is 11.0. The van der Waals surface area contributed by atoms with E-state index in [1.807, 2.05) is 26.0 Å². The molecule has 3 heteroatoms. The third-order valence-corrected chi connectivity index (χ3v) is 1.67. The lowest BCUT2D eigenvalue weighted by atomic mass is 10.2. The molecular formula is C9H13NO2. The molecule has 12 heavy (non-hydrogen) atoms. The first kappa shape index (κ1) is 8.84. The van der Waals surface area contributed by atoms with Crippen molar-refractivity contribution in [1.82, 2.24) is 5.32 Å². The Balaban J connectivity index is 2.49. The molecule has 1 atom stereocenters. The summed E-state index contributed by atoms with van der Waals surface area (Å²) in [5.41, 5.74) is 0. The van der Waals surface area contributed by atoms with Crippen molar-refractivity contribution in [3.05, 3.63) is 24.2 Å². The molecule has 1 aromatic heterocycles. The van der Waals surface area contributed by atoms with Crippen LogP contribution in [0.5, 0.6) is 0 Å². The molecule has 1 aromatic rings. The van der Waals surface area contributed by atoms with Crippen LogP contribution in [0, 0.1) is 0 Å². The molecular weight excluding hydrogens is 154 g/mol. The summed E-state index contributed by atoms with van der Waals surface area (Å²) in [6.07, 6.45) is 2.11. The fourth-order valence-electron chi connectivity index (χ4n) is 0.952. The van der Waals surface area contributed by atoms with Gasteiger partial charge in [-0.05, 0) is 19.1 Å². The van der Waals surface area contributed by atoms with Gasteiger partial charge in [-0.2, -0.15) is 0 Å². The molecule has 0 aliphatic rings. The lowest BCUT2D eigenvalue weighted by Gasteiger charge is -2.09. The fraction of sp³-hybridized carbons (Fsp3) is 0.444. The number of carbonyl (C=O) groups excluding carboxylic acids is 1. The van der Waals surface area contributed by atoms with Crippen molar-refractivity contribution >= 4 is 5.91 Å². The molecule has 0 unspecified atom stereocenters. The number of carbonyl (C=O) groups is 1. The summed E-state index contributed by atoms with van der Waals surface area (Å²) in [6.45, 7) is 3.72. The zero-order valence-corrected chi connectivity index (χ0v) is 7.33. The summed E-state index contributed by atoms with van der Waals surface area (Å²) in [7, 11) is 0. The second kappa shape index (κ2) is 3.95. The minimum absolute atomic E-state index is 0.0348. The minimum Gasteiger partial charge on any atom is -0.467 e. The number of hydrogen-bond donors (Lipinski definition) is 1. The molecule has 1 heterocycles. The average Bonchev–Trinajstić information content (AvgIpc) is 2.56. The molecule has 0 aliphatic heterocycles. The normalized spacial score (nSPS) is 12.5. The van der Waals surface area contributed by atoms with Gasteiger partial charge in [-0.25, -0.2) is 0 Å². The van der Waals surface area contributed by atoms with Gasteiger partial charge in [0.2, 0.25) is 5.91 Å². The summed E-state index contributed by atoms with van der Waals surface area (Å²) in [5, 5.41) is 2.80. The Morgan fingerprint density at radius 2 is 2.50 bits per heavy atom. The first-order valence-electron chi connectivity index (χ1n) is 4.06. The van der Waals surface area contributed by atoms with E-state index in [1.165, 1.54) is 0 Å². The highest BCUT2D eigenvalue weighted by Crippen LogP contribution is 2.11. The summed E-state index contributed by atoms with van der Waals surface area (Å²) in [6, 6.07) is 3.62. The van der Waals surface area contributed by atoms with Gasteiger partial charge in [0, 0.05) is 6.42 Å². The molecule has 1 N–H and O–H groups in total. The molecule has 0 spiro atoms. The lowest BCUT2D eigenvalue weighted by Crippen LogP contribution is -2.25. The predicted octanol–water partition coefficient (Wildman–Crippen LogP) is 1.87. The highest BCUT2D eigenvalue weighted by Gasteiger charge is 2.09. The summed E-state index contributed by atoms with van der Waals surface area (Å²) in [4.78, 5) is 11.0. The van der Waals surface area contributed by atoms with E-state index >= 15 is 0 Å². The number of nitrogens with one attached hydrogen (secondary N) is 1. The first-order chi connectivity index (χ1) is 5.74. The Morgan fingerprint density at radius 1 is 1.75 bits per heavy atom. The zero-order chi connectivity index (χ0) is 8.97. The molecule has 0 aliphatic carbocycles. The van der Waals surface area contributed by atoms with Gasteiger partial charge in [0.25, 0.3) is 0 Å². The van der Waals surface area contributed by atoms with Crippen LogP contribution in [0.4, 0.5) is 0 Å². The minimum atomic E-state index is -0.0348. The van der Waals surface area contributed by atoms with Gasteiger partial charge in [-0.1, -0.05) is 6.92 Å². The van der Waals surface area contributed by atoms with Gasteiger partial charge in [-0.3, -0.25) is 4.79 Å². The standard InChI is InChI=1S/C9H13NO2/c1-3-9(11)10-7(2)8-5-4-6-12-8/h4-7H,3H2,1-2H3,(H,10,11)/t7-/m1/s1. The van der Waals surface area contributed by atoms with E-state index in [0.717, 1.165) is 5.76 Å². The quantitative estimate of drug-likeness (QED) is 0.746. The molecule has 0 saturated heterocycles. The number of furan rings is 1. The Hall–Kier alpha value is -1.25. The van der Waals surface area contributed by atoms with Crippen molar-refractivity contribution in [1.29, 1.82) is 0 Å². The van der Waals surface area contributed by atoms with Gasteiger partial charge in [0.1, 0.15) is 5.76 Å². The smallest absolute Gasteiger partial charge is 0.220 e. The van der Waals surface area contributed by atoms with Crippen LogP contribution in [0.15, 0.2) is 22.8 Å². The lowest BCUT2D eigenvalue weighted by molar-refractivity contribution is -0.121. The highest BCUT2D eigenvalue weighted by molar-refractivity contribution is 5.75. The van der Waals surface area contributed by atoms with Gasteiger partial charge in [0.15, 0.2) is 0 Å². The van der Waals surface area contributed by atoms with Crippen LogP contribution in [0.3, 0.4) is 0 Å². The molecule has 0 fully saturated rings. The van der Waals surface area contributed by atoms with E-state index in [0.29, 0.717) is 6.42 Å². The van der Waals surface area contributed by atoms with Gasteiger partial charge < -0.3 is 9.73 Å². The molecule has 0 radical (unpaired) electrons. The number of hydrogen-bond acceptors (Lipinski definition) is 2. The highest BCUT2D eigenvalue weighted by atomic mass is 16.3. The molecule has 0 aromatic carbocycles. The van der Waals surface area contributed by atoms with Crippen LogP contribution < -0.4 is 5.32 Å². The van der Waals surface area contributed by atoms with Crippen molar-refractivity contribution in [2.24, 2.45) is 0 Å². The molecule has 0 bridgehead atoms. The third-order valence-electron chi connectivity index (χ3n) is 1.67. The van der Waals surface area contributed by atoms with E-state index in [4.69, 9.17) is 4.42 Å². The largest absolute Gasteiger partial charge is 0.467 e. The summed E-state index contributed by atoms with van der Waals surface area (Å²) in [5.74, 6) is 0.829. The maximum atomic E-state index is 11.0. The van der Waals surface area contributed by atoms with E-state index in [-0.39, 0.29) is 11.9 Å². The van der Waals surface area contributed by atoms with E-state index in [9.17, 15) is 4.79 Å². The summed E-state index contributed by atoms with van der Waals surface area (Å²) < 4.78 is 5.13. The molecule has 1 rings (SSSR count). The van der Waals surface area contributed by atoms with Crippen LogP contribution in [-0.2, 0) is 4.79 Å². The Labute approximate surface area is 71.8 Å². The first-order valence-corrected chi connectivity index (χ1v) is 4.06. The third kappa shape index (κ3) is 2.12. The van der Waals surface area contributed by atoms with Crippen molar-refractivity contribution in [2.45, 2.75) is 26.3 Å². The van der Waals surface area contributed by atoms with E-state index < -0.39 is 0 Å². The van der Waals surface area contributed by atoms with Gasteiger partial charge >= 0.3 is 0 Å². The maximum Gasteiger partial charge on any atom is 0.220 e. The van der Waals surface area contributed by atoms with Crippen molar-refractivity contribution in [2.75, 3.05) is 0 Å². The Bertz CT molecular complexity index is 241. The number of rotatable bonds is 3. The van der Waals surface area contributed by atoms with E-state index in [2.05, 4.69) is 5.32 Å². The van der Waals surface area contributed by atoms with Crippen LogP contribution in [0.25, 0.3) is 0 Å². The SMILES string of the molecule is CCC(=O)N[C@H](C)c1ccco1. The van der Waals surface area contributed by atoms with Crippen LogP contribution >= 0.6 is 0 Å². The monoisotopic (exact) mass is 167 g/mol. The predicted molar refractivity (Wildman–Crippen MR) is 45.6 cm³/mol.